The van der Waals surface area contributed by atoms with Crippen molar-refractivity contribution in [3.05, 3.63) is 41.9 Å². The number of carbonyl (C=O) groups is 1. The molecule has 0 bridgehead atoms. The van der Waals surface area contributed by atoms with Crippen molar-refractivity contribution in [3.8, 4) is 28.6 Å². The van der Waals surface area contributed by atoms with Crippen LogP contribution in [0.25, 0.3) is 11.4 Å². The number of anilines is 1. The Bertz CT molecular complexity index is 1170. The first-order chi connectivity index (χ1) is 16.7. The molecule has 0 spiro atoms. The van der Waals surface area contributed by atoms with Crippen LogP contribution in [-0.2, 0) is 6.18 Å². The number of methoxy groups -OCH3 is 3. The zero-order valence-corrected chi connectivity index (χ0v) is 19.1. The number of piperazine rings is 1. The van der Waals surface area contributed by atoms with Gasteiger partial charge in [-0.1, -0.05) is 5.16 Å². The minimum absolute atomic E-state index is 0.176. The topological polar surface area (TPSA) is 103 Å². The minimum Gasteiger partial charge on any atom is -0.493 e. The zero-order valence-electron chi connectivity index (χ0n) is 19.1. The van der Waals surface area contributed by atoms with Gasteiger partial charge >= 0.3 is 12.1 Å². The summed E-state index contributed by atoms with van der Waals surface area (Å²) in [6.07, 6.45) is -3.33. The molecule has 1 saturated heterocycles. The molecule has 1 amide bonds. The molecule has 2 aromatic heterocycles. The summed E-state index contributed by atoms with van der Waals surface area (Å²) in [5.41, 5.74) is 0.706. The summed E-state index contributed by atoms with van der Waals surface area (Å²) in [5.74, 6) is 0.0186. The van der Waals surface area contributed by atoms with Gasteiger partial charge in [0.2, 0.25) is 11.6 Å². The number of carbonyl (C=O) groups excluding carboxylic acids is 1. The number of ether oxygens (including phenoxy) is 3. The standard InChI is InChI=1S/C22H22F3N5O5/c1-32-15-10-14(11-16(33-2)18(15)34-3)20(31)30-8-6-29(7-9-30)17-5-4-13(12-26-17)19-27-21(35-28-19)22(23,24)25/h4-5,10-12H,6-9H2,1-3H3. The first-order valence-electron chi connectivity index (χ1n) is 10.5. The van der Waals surface area contributed by atoms with Crippen LogP contribution in [0.3, 0.4) is 0 Å². The van der Waals surface area contributed by atoms with Crippen molar-refractivity contribution in [2.75, 3.05) is 52.4 Å². The van der Waals surface area contributed by atoms with Crippen molar-refractivity contribution >= 4 is 11.7 Å². The van der Waals surface area contributed by atoms with Crippen LogP contribution in [-0.4, -0.2) is 73.4 Å². The van der Waals surface area contributed by atoms with E-state index in [1.54, 1.807) is 29.2 Å². The third-order valence-electron chi connectivity index (χ3n) is 5.48. The first-order valence-corrected chi connectivity index (χ1v) is 10.5. The zero-order chi connectivity index (χ0) is 25.2. The largest absolute Gasteiger partial charge is 0.493 e. The molecule has 1 aliphatic rings. The highest BCUT2D eigenvalue weighted by molar-refractivity contribution is 5.95. The van der Waals surface area contributed by atoms with Gasteiger partial charge in [-0.05, 0) is 24.3 Å². The van der Waals surface area contributed by atoms with Crippen molar-refractivity contribution in [3.63, 3.8) is 0 Å². The number of amides is 1. The van der Waals surface area contributed by atoms with E-state index in [-0.39, 0.29) is 11.7 Å². The summed E-state index contributed by atoms with van der Waals surface area (Å²) >= 11 is 0. The Hall–Kier alpha value is -4.03. The molecule has 4 rings (SSSR count). The number of benzene rings is 1. The Morgan fingerprint density at radius 3 is 2.14 bits per heavy atom. The molecule has 3 aromatic rings. The molecule has 35 heavy (non-hydrogen) atoms. The molecule has 0 aliphatic carbocycles. The molecule has 1 aliphatic heterocycles. The number of halogens is 3. The van der Waals surface area contributed by atoms with E-state index in [2.05, 4.69) is 19.6 Å². The SMILES string of the molecule is COc1cc(C(=O)N2CCN(c3ccc(-c4noc(C(F)(F)F)n4)cn3)CC2)cc(OC)c1OC. The van der Waals surface area contributed by atoms with Crippen molar-refractivity contribution in [2.45, 2.75) is 6.18 Å². The fraction of sp³-hybridized carbons (Fsp3) is 0.364. The molecule has 0 unspecified atom stereocenters. The van der Waals surface area contributed by atoms with Crippen molar-refractivity contribution < 1.29 is 36.7 Å². The number of aromatic nitrogens is 3. The van der Waals surface area contributed by atoms with Crippen LogP contribution in [0.15, 0.2) is 35.0 Å². The number of hydrogen-bond donors (Lipinski definition) is 0. The minimum atomic E-state index is -4.71. The van der Waals surface area contributed by atoms with Crippen LogP contribution in [0.2, 0.25) is 0 Å². The summed E-state index contributed by atoms with van der Waals surface area (Å²) in [6.45, 7) is 1.92. The van der Waals surface area contributed by atoms with E-state index in [0.29, 0.717) is 60.4 Å². The molecular weight excluding hydrogens is 471 g/mol. The van der Waals surface area contributed by atoms with Crippen LogP contribution in [0.5, 0.6) is 17.2 Å². The highest BCUT2D eigenvalue weighted by Crippen LogP contribution is 2.38. The summed E-state index contributed by atoms with van der Waals surface area (Å²) in [6, 6.07) is 6.45. The lowest BCUT2D eigenvalue weighted by molar-refractivity contribution is -0.159. The summed E-state index contributed by atoms with van der Waals surface area (Å²) in [5, 5.41) is 3.36. The van der Waals surface area contributed by atoms with E-state index < -0.39 is 12.1 Å². The number of nitrogens with zero attached hydrogens (tertiary/aromatic N) is 5. The quantitative estimate of drug-likeness (QED) is 0.512. The molecule has 0 atom stereocenters. The monoisotopic (exact) mass is 493 g/mol. The van der Waals surface area contributed by atoms with Gasteiger partial charge in [0.25, 0.3) is 5.91 Å². The highest BCUT2D eigenvalue weighted by atomic mass is 19.4. The molecule has 186 valence electrons. The number of hydrogen-bond acceptors (Lipinski definition) is 9. The Kier molecular flexibility index (Phi) is 6.67. The molecule has 1 fully saturated rings. The van der Waals surface area contributed by atoms with Gasteiger partial charge in [-0.15, -0.1) is 0 Å². The molecule has 13 heteroatoms. The van der Waals surface area contributed by atoms with Crippen LogP contribution in [0, 0.1) is 0 Å². The maximum atomic E-state index is 13.1. The number of rotatable bonds is 6. The summed E-state index contributed by atoms with van der Waals surface area (Å²) < 4.78 is 58.2. The molecule has 0 radical (unpaired) electrons. The smallest absolute Gasteiger partial charge is 0.471 e. The third-order valence-corrected chi connectivity index (χ3v) is 5.48. The third kappa shape index (κ3) is 4.93. The van der Waals surface area contributed by atoms with Gasteiger partial charge in [0.15, 0.2) is 11.5 Å². The Balaban J connectivity index is 1.42. The Morgan fingerprint density at radius 2 is 1.66 bits per heavy atom. The van der Waals surface area contributed by atoms with Crippen LogP contribution >= 0.6 is 0 Å². The average molecular weight is 493 g/mol. The van der Waals surface area contributed by atoms with Gasteiger partial charge in [0.1, 0.15) is 5.82 Å². The molecule has 10 nitrogen and oxygen atoms in total. The molecule has 0 saturated carbocycles. The van der Waals surface area contributed by atoms with Gasteiger partial charge in [-0.25, -0.2) is 4.98 Å². The van der Waals surface area contributed by atoms with E-state index >= 15 is 0 Å². The summed E-state index contributed by atoms with van der Waals surface area (Å²) in [7, 11) is 4.46. The van der Waals surface area contributed by atoms with Crippen LogP contribution in [0.1, 0.15) is 16.2 Å². The van der Waals surface area contributed by atoms with Gasteiger partial charge < -0.3 is 28.5 Å². The van der Waals surface area contributed by atoms with Crippen LogP contribution in [0.4, 0.5) is 19.0 Å². The number of alkyl halides is 3. The van der Waals surface area contributed by atoms with Gasteiger partial charge in [0.05, 0.1) is 21.3 Å². The maximum Gasteiger partial charge on any atom is 0.471 e. The van der Waals surface area contributed by atoms with Gasteiger partial charge in [0, 0.05) is 43.5 Å². The van der Waals surface area contributed by atoms with E-state index in [1.165, 1.54) is 27.5 Å². The van der Waals surface area contributed by atoms with Gasteiger partial charge in [-0.3, -0.25) is 4.79 Å². The lowest BCUT2D eigenvalue weighted by atomic mass is 10.1. The lowest BCUT2D eigenvalue weighted by Gasteiger charge is -2.35. The fourth-order valence-corrected chi connectivity index (χ4v) is 3.69. The summed E-state index contributed by atoms with van der Waals surface area (Å²) in [4.78, 5) is 24.5. The predicted octanol–water partition coefficient (Wildman–Crippen LogP) is 3.14. The van der Waals surface area contributed by atoms with Crippen LogP contribution < -0.4 is 19.1 Å². The number of pyridine rings is 1. The van der Waals surface area contributed by atoms with E-state index in [1.807, 2.05) is 4.90 Å². The lowest BCUT2D eigenvalue weighted by Crippen LogP contribution is -2.49. The maximum absolute atomic E-state index is 13.1. The second-order valence-electron chi connectivity index (χ2n) is 7.52. The first kappa shape index (κ1) is 24.1. The van der Waals surface area contributed by atoms with Gasteiger partial charge in [-0.2, -0.15) is 18.2 Å². The van der Waals surface area contributed by atoms with E-state index in [9.17, 15) is 18.0 Å². The highest BCUT2D eigenvalue weighted by Gasteiger charge is 2.38. The Morgan fingerprint density at radius 1 is 1.00 bits per heavy atom. The molecular formula is C22H22F3N5O5. The predicted molar refractivity (Wildman–Crippen MR) is 117 cm³/mol. The van der Waals surface area contributed by atoms with E-state index in [0.717, 1.165) is 0 Å². The normalized spacial score (nSPS) is 14.1. The molecule has 3 heterocycles. The van der Waals surface area contributed by atoms with Crippen molar-refractivity contribution in [2.24, 2.45) is 0 Å². The molecule has 1 aromatic carbocycles. The van der Waals surface area contributed by atoms with Crippen molar-refractivity contribution in [1.82, 2.24) is 20.0 Å². The molecule has 0 N–H and O–H groups in total. The fourth-order valence-electron chi connectivity index (χ4n) is 3.69. The second kappa shape index (κ2) is 9.68. The van der Waals surface area contributed by atoms with Crippen molar-refractivity contribution in [1.29, 1.82) is 0 Å². The average Bonchev–Trinajstić information content (AvgIpc) is 3.39. The van der Waals surface area contributed by atoms with E-state index in [4.69, 9.17) is 14.2 Å². The Labute approximate surface area is 198 Å². The second-order valence-corrected chi connectivity index (χ2v) is 7.52.